The van der Waals surface area contributed by atoms with Crippen molar-refractivity contribution in [3.8, 4) is 0 Å². The van der Waals surface area contributed by atoms with E-state index in [9.17, 15) is 0 Å². The Balaban J connectivity index is 0. The Morgan fingerprint density at radius 2 is 0.636 bits per heavy atom. The first kappa shape index (κ1) is 176. The van der Waals surface area contributed by atoms with Crippen LogP contribution < -0.4 is 80.9 Å². The van der Waals surface area contributed by atoms with Crippen LogP contribution in [-0.4, -0.2) is 22.8 Å². The molecule has 0 aromatic carbocycles. The minimum Gasteiger partial charge on any atom is -2.00 e. The third-order valence-corrected chi connectivity index (χ3v) is 0. The van der Waals surface area contributed by atoms with Crippen molar-refractivity contribution in [2.45, 2.75) is 0 Å². The zero-order chi connectivity index (χ0) is 0. The van der Waals surface area contributed by atoms with Gasteiger partial charge >= 0.3 is 137 Å². The van der Waals surface area contributed by atoms with Gasteiger partial charge in [-0.05, 0) is 0 Å². The van der Waals surface area contributed by atoms with Crippen LogP contribution in [0.1, 0.15) is 0 Å². The molecule has 0 heterocycles. The third kappa shape index (κ3) is 121. The van der Waals surface area contributed by atoms with Crippen LogP contribution in [0.25, 0.3) is 0 Å². The number of rotatable bonds is 0. The molecule has 0 spiro atoms. The van der Waals surface area contributed by atoms with Crippen molar-refractivity contribution >= 4 is 17.4 Å². The Morgan fingerprint density at radius 1 is 0.636 bits per heavy atom. The molecule has 11 heavy (non-hydrogen) atoms. The van der Waals surface area contributed by atoms with Gasteiger partial charge in [0.25, 0.3) is 0 Å². The van der Waals surface area contributed by atoms with Crippen LogP contribution in [0.2, 0.25) is 0 Å². The summed E-state index contributed by atoms with van der Waals surface area (Å²) in [5.74, 6) is 0. The second kappa shape index (κ2) is 142. The summed E-state index contributed by atoms with van der Waals surface area (Å²) in [4.78, 5) is 0. The zero-order valence-corrected chi connectivity index (χ0v) is 14.9. The fourth-order valence-corrected chi connectivity index (χ4v) is 0. The first-order chi connectivity index (χ1) is 0. The van der Waals surface area contributed by atoms with Crippen LogP contribution >= 0.6 is 0 Å². The van der Waals surface area contributed by atoms with Crippen molar-refractivity contribution in [3.05, 3.63) is 0 Å². The van der Waals surface area contributed by atoms with E-state index in [0.717, 1.165) is 0 Å². The van der Waals surface area contributed by atoms with Crippen LogP contribution in [0.3, 0.4) is 0 Å². The average molecular weight is 290 g/mol. The van der Waals surface area contributed by atoms with Gasteiger partial charge in [-0.25, -0.2) is 0 Å². The van der Waals surface area contributed by atoms with Crippen LogP contribution in [0.15, 0.2) is 0 Å². The maximum Gasteiger partial charge on any atom is 4.00 e. The molecule has 1 N–H and O–H groups in total. The van der Waals surface area contributed by atoms with E-state index in [1.165, 1.54) is 0 Å². The minimum atomic E-state index is 0. The molecule has 0 bridgehead atoms. The van der Waals surface area contributed by atoms with Gasteiger partial charge in [-0.2, -0.15) is 0 Å². The average Bonchev–Trinajstić information content (AvgIpc) is 0. The van der Waals surface area contributed by atoms with Crippen molar-refractivity contribution in [1.82, 2.24) is 0 Å². The summed E-state index contributed by atoms with van der Waals surface area (Å²) < 4.78 is 0. The summed E-state index contributed by atoms with van der Waals surface area (Å²) in [6.45, 7) is 0. The molecule has 0 fully saturated rings. The van der Waals surface area contributed by atoms with E-state index in [1.807, 2.05) is 0 Å². The van der Waals surface area contributed by atoms with E-state index >= 15 is 0 Å². The smallest absolute Gasteiger partial charge is 2.00 e. The van der Waals surface area contributed by atoms with Gasteiger partial charge in [-0.3, -0.25) is 0 Å². The molecule has 0 aromatic rings. The summed E-state index contributed by atoms with van der Waals surface area (Å²) in [5, 5.41) is 0. The second-order valence-corrected chi connectivity index (χ2v) is 0. The molecule has 0 saturated heterocycles. The summed E-state index contributed by atoms with van der Waals surface area (Å²) in [6, 6.07) is 0. The van der Waals surface area contributed by atoms with Crippen LogP contribution in [0, 0.1) is 0 Å². The fourth-order valence-electron chi connectivity index (χ4n) is 0. The molecule has 54 valence electrons. The van der Waals surface area contributed by atoms with Gasteiger partial charge in [-0.1, -0.05) is 0 Å². The van der Waals surface area contributed by atoms with Crippen molar-refractivity contribution in [1.29, 1.82) is 0 Å². The van der Waals surface area contributed by atoms with E-state index in [-0.39, 0.29) is 170 Å². The predicted molar refractivity (Wildman–Crippen MR) is 11.1 cm³/mol. The topological polar surface area (TPSA) is 172 Å². The molecule has 0 atom stereocenters. The van der Waals surface area contributed by atoms with Gasteiger partial charge in [0, 0.05) is 0 Å². The Labute approximate surface area is 166 Å². The van der Waals surface area contributed by atoms with Gasteiger partial charge < -0.3 is 32.9 Å². The maximum absolute atomic E-state index is 0. The summed E-state index contributed by atoms with van der Waals surface area (Å²) in [7, 11) is 0. The van der Waals surface area contributed by atoms with E-state index in [2.05, 4.69) is 0 Å². The normalized spacial score (nSPS) is 0. The van der Waals surface area contributed by atoms with Gasteiger partial charge in [0.1, 0.15) is 0 Å². The Kier molecular flexibility index (Phi) is 2260. The largest absolute Gasteiger partial charge is 4.00 e. The molecule has 0 saturated carbocycles. The summed E-state index contributed by atoms with van der Waals surface area (Å²) in [6.07, 6.45) is 0. The predicted octanol–water partition coefficient (Wildman–Crippen LogP) is -7.15. The Hall–Kier alpha value is 4.16. The van der Waals surface area contributed by atoms with E-state index < -0.39 is 0 Å². The Morgan fingerprint density at radius 3 is 0.636 bits per heavy atom. The van der Waals surface area contributed by atoms with Crippen LogP contribution in [0.5, 0.6) is 0 Å². The third-order valence-electron chi connectivity index (χ3n) is 0. The number of hydrogen-bond donors (Lipinski definition) is 0. The Bertz CT molecular complexity index is 22.5. The standard InChI is InChI=1S/Al.Fe.K.Na.H2O.5O.Ti/h;;;;1H2;;;;;;/q+3;+2;2*+1;;5*-2;+4/p-1. The first-order valence-electron chi connectivity index (χ1n) is 0. The SMILES string of the molecule is [Al+3].[Fe+2].[K+].[Na+].[O-2].[O-2].[O-2].[O-2].[O-2].[OH-].[Ti+4]. The molecule has 0 aliphatic heterocycles. The van der Waals surface area contributed by atoms with Gasteiger partial charge in [0.05, 0.1) is 0 Å². The molecule has 0 aliphatic rings. The molecule has 0 radical (unpaired) electrons. The summed E-state index contributed by atoms with van der Waals surface area (Å²) in [5.41, 5.74) is 0. The maximum atomic E-state index is 0. The molecule has 0 aliphatic carbocycles. The summed E-state index contributed by atoms with van der Waals surface area (Å²) >= 11 is 0. The molecule has 6 nitrogen and oxygen atoms in total. The van der Waals surface area contributed by atoms with Crippen molar-refractivity contribution < 1.29 is 153 Å². The molecule has 0 rings (SSSR count). The second-order valence-electron chi connectivity index (χ2n) is 0. The zero-order valence-electron chi connectivity index (χ0n) is 5.92. The van der Waals surface area contributed by atoms with Gasteiger partial charge in [0.2, 0.25) is 0 Å². The van der Waals surface area contributed by atoms with Crippen LogP contribution in [0.4, 0.5) is 0 Å². The molecule has 0 amide bonds. The van der Waals surface area contributed by atoms with E-state index in [0.29, 0.717) is 0 Å². The molecule has 0 unspecified atom stereocenters. The minimum absolute atomic E-state index is 0. The molecular weight excluding hydrogens is 289 g/mol. The van der Waals surface area contributed by atoms with E-state index in [1.54, 1.807) is 0 Å². The number of hydrogen-bond acceptors (Lipinski definition) is 1. The van der Waals surface area contributed by atoms with Crippen molar-refractivity contribution in [2.75, 3.05) is 0 Å². The molecule has 0 aromatic heterocycles. The van der Waals surface area contributed by atoms with Crippen molar-refractivity contribution in [3.63, 3.8) is 0 Å². The molecular formula is HAlFeKNaO6Ti. The van der Waals surface area contributed by atoms with Gasteiger partial charge in [-0.15, -0.1) is 0 Å². The fraction of sp³-hybridized carbons (Fsp3) is 0. The quantitative estimate of drug-likeness (QED) is 0.396. The van der Waals surface area contributed by atoms with Crippen molar-refractivity contribution in [2.24, 2.45) is 0 Å². The van der Waals surface area contributed by atoms with Gasteiger partial charge in [0.15, 0.2) is 0 Å². The monoisotopic (exact) mass is 290 g/mol. The van der Waals surface area contributed by atoms with E-state index in [4.69, 9.17) is 0 Å². The van der Waals surface area contributed by atoms with Crippen LogP contribution in [-0.2, 0) is 66.2 Å². The molecule has 11 heteroatoms. The first-order valence-corrected chi connectivity index (χ1v) is 0.